The first-order chi connectivity index (χ1) is 7.04. The van der Waals surface area contributed by atoms with Gasteiger partial charge in [-0.15, -0.1) is 0 Å². The largest absolute Gasteiger partial charge is 0.324 e. The second-order valence-electron chi connectivity index (χ2n) is 4.70. The van der Waals surface area contributed by atoms with Crippen LogP contribution in [0.25, 0.3) is 0 Å². The number of rotatable bonds is 1. The highest BCUT2D eigenvalue weighted by Gasteiger charge is 2.33. The summed E-state index contributed by atoms with van der Waals surface area (Å²) in [6.07, 6.45) is 6.56. The van der Waals surface area contributed by atoms with Gasteiger partial charge in [0.15, 0.2) is 0 Å². The van der Waals surface area contributed by atoms with E-state index < -0.39 is 0 Å². The third-order valence-corrected chi connectivity index (χ3v) is 5.48. The molecule has 0 aliphatic heterocycles. The second-order valence-corrected chi connectivity index (χ2v) is 6.20. The van der Waals surface area contributed by atoms with Crippen LogP contribution in [-0.4, -0.2) is 9.55 Å². The first-order valence-corrected chi connectivity index (χ1v) is 7.01. The summed E-state index contributed by atoms with van der Waals surface area (Å²) in [4.78, 5) is 4.64. The molecule has 0 aromatic carbocycles. The minimum Gasteiger partial charge on any atom is -0.324 e. The fourth-order valence-electron chi connectivity index (χ4n) is 2.54. The Bertz CT molecular complexity index is 365. The fourth-order valence-corrected chi connectivity index (χ4v) is 3.23. The van der Waals surface area contributed by atoms with Gasteiger partial charge in [-0.3, -0.25) is 0 Å². The van der Waals surface area contributed by atoms with Crippen molar-refractivity contribution in [2.45, 2.75) is 44.4 Å². The molecule has 2 rings (SSSR count). The van der Waals surface area contributed by atoms with Crippen molar-refractivity contribution in [3.63, 3.8) is 0 Å². The van der Waals surface area contributed by atoms with Crippen molar-refractivity contribution in [2.75, 3.05) is 0 Å². The Balaban J connectivity index is 2.39. The van der Waals surface area contributed by atoms with Gasteiger partial charge >= 0.3 is 0 Å². The van der Waals surface area contributed by atoms with Crippen molar-refractivity contribution in [3.8, 4) is 0 Å². The second kappa shape index (κ2) is 4.21. The molecule has 15 heavy (non-hydrogen) atoms. The zero-order chi connectivity index (χ0) is 11.1. The maximum absolute atomic E-state index is 4.64. The van der Waals surface area contributed by atoms with Gasteiger partial charge in [-0.1, -0.05) is 26.2 Å². The smallest absolute Gasteiger partial charge is 0.139 e. The molecular formula is C11H16Br2N2. The van der Waals surface area contributed by atoms with Crippen molar-refractivity contribution >= 4 is 31.9 Å². The van der Waals surface area contributed by atoms with E-state index in [1.165, 1.54) is 37.9 Å². The highest BCUT2D eigenvalue weighted by Crippen LogP contribution is 2.40. The predicted octanol–water partition coefficient (Wildman–Crippen LogP) is 4.17. The van der Waals surface area contributed by atoms with Gasteiger partial charge in [0.25, 0.3) is 0 Å². The van der Waals surface area contributed by atoms with E-state index in [1.807, 2.05) is 0 Å². The molecule has 1 aliphatic rings. The normalized spacial score (nSPS) is 20.5. The average molecular weight is 336 g/mol. The predicted molar refractivity (Wildman–Crippen MR) is 69.0 cm³/mol. The summed E-state index contributed by atoms with van der Waals surface area (Å²) in [5, 5.41) is 0. The molecule has 0 saturated heterocycles. The Morgan fingerprint density at radius 1 is 1.20 bits per heavy atom. The summed E-state index contributed by atoms with van der Waals surface area (Å²) in [7, 11) is 2.08. The van der Waals surface area contributed by atoms with E-state index in [2.05, 4.69) is 55.4 Å². The molecule has 1 aliphatic carbocycles. The topological polar surface area (TPSA) is 17.8 Å². The minimum atomic E-state index is 0.265. The van der Waals surface area contributed by atoms with Crippen molar-refractivity contribution in [1.82, 2.24) is 9.55 Å². The summed E-state index contributed by atoms with van der Waals surface area (Å²) in [6, 6.07) is 0. The van der Waals surface area contributed by atoms with Gasteiger partial charge in [-0.25, -0.2) is 4.98 Å². The fraction of sp³-hybridized carbons (Fsp3) is 0.727. The number of hydrogen-bond acceptors (Lipinski definition) is 1. The monoisotopic (exact) mass is 334 g/mol. The minimum absolute atomic E-state index is 0.265. The summed E-state index contributed by atoms with van der Waals surface area (Å²) < 4.78 is 4.13. The van der Waals surface area contributed by atoms with Gasteiger partial charge in [-0.2, -0.15) is 0 Å². The molecule has 0 radical (unpaired) electrons. The first kappa shape index (κ1) is 11.6. The van der Waals surface area contributed by atoms with Crippen LogP contribution in [0, 0.1) is 0 Å². The van der Waals surface area contributed by atoms with E-state index >= 15 is 0 Å². The van der Waals surface area contributed by atoms with E-state index in [4.69, 9.17) is 0 Å². The lowest BCUT2D eigenvalue weighted by atomic mass is 9.75. The van der Waals surface area contributed by atoms with Crippen LogP contribution in [0.15, 0.2) is 9.21 Å². The van der Waals surface area contributed by atoms with Crippen LogP contribution in [0.1, 0.15) is 44.9 Å². The molecule has 84 valence electrons. The highest BCUT2D eigenvalue weighted by molar-refractivity contribution is 9.13. The average Bonchev–Trinajstić information content (AvgIpc) is 2.48. The van der Waals surface area contributed by atoms with Crippen molar-refractivity contribution in [3.05, 3.63) is 15.0 Å². The molecular weight excluding hydrogens is 320 g/mol. The van der Waals surface area contributed by atoms with E-state index in [0.717, 1.165) is 9.21 Å². The summed E-state index contributed by atoms with van der Waals surface area (Å²) in [5.74, 6) is 1.21. The molecule has 0 amide bonds. The number of imidazole rings is 1. The van der Waals surface area contributed by atoms with Gasteiger partial charge < -0.3 is 4.57 Å². The Morgan fingerprint density at radius 3 is 2.27 bits per heavy atom. The zero-order valence-electron chi connectivity index (χ0n) is 9.19. The standard InChI is InChI=1S/C11H16Br2N2/c1-11(6-4-3-5-7-11)10-14-8(12)9(13)15(10)2/h3-7H2,1-2H3. The van der Waals surface area contributed by atoms with Crippen LogP contribution in [0.4, 0.5) is 0 Å². The van der Waals surface area contributed by atoms with E-state index in [0.29, 0.717) is 0 Å². The maximum Gasteiger partial charge on any atom is 0.139 e. The van der Waals surface area contributed by atoms with Crippen LogP contribution in [0.3, 0.4) is 0 Å². The van der Waals surface area contributed by atoms with E-state index in [1.54, 1.807) is 0 Å². The summed E-state index contributed by atoms with van der Waals surface area (Å²) in [6.45, 7) is 2.34. The van der Waals surface area contributed by atoms with Gasteiger partial charge in [0, 0.05) is 12.5 Å². The molecule has 0 bridgehead atoms. The lowest BCUT2D eigenvalue weighted by Gasteiger charge is -2.32. The third kappa shape index (κ3) is 2.03. The molecule has 0 unspecified atom stereocenters. The van der Waals surface area contributed by atoms with Crippen LogP contribution in [0.5, 0.6) is 0 Å². The van der Waals surface area contributed by atoms with Gasteiger partial charge in [0.05, 0.1) is 0 Å². The number of nitrogens with zero attached hydrogens (tertiary/aromatic N) is 2. The van der Waals surface area contributed by atoms with E-state index in [-0.39, 0.29) is 5.41 Å². The molecule has 1 heterocycles. The van der Waals surface area contributed by atoms with Crippen molar-refractivity contribution in [1.29, 1.82) is 0 Å². The number of aromatic nitrogens is 2. The van der Waals surface area contributed by atoms with Gasteiger partial charge in [-0.05, 0) is 44.7 Å². The molecule has 0 N–H and O–H groups in total. The van der Waals surface area contributed by atoms with Gasteiger partial charge in [0.2, 0.25) is 0 Å². The SMILES string of the molecule is Cn1c(C2(C)CCCCC2)nc(Br)c1Br. The third-order valence-electron chi connectivity index (χ3n) is 3.48. The maximum atomic E-state index is 4.64. The van der Waals surface area contributed by atoms with Crippen LogP contribution >= 0.6 is 31.9 Å². The Morgan fingerprint density at radius 2 is 1.80 bits per heavy atom. The molecule has 1 fully saturated rings. The van der Waals surface area contributed by atoms with Crippen LogP contribution < -0.4 is 0 Å². The number of halogens is 2. The summed E-state index contributed by atoms with van der Waals surface area (Å²) in [5.41, 5.74) is 0.265. The molecule has 1 saturated carbocycles. The van der Waals surface area contributed by atoms with E-state index in [9.17, 15) is 0 Å². The molecule has 1 aromatic rings. The zero-order valence-corrected chi connectivity index (χ0v) is 12.4. The van der Waals surface area contributed by atoms with Crippen molar-refractivity contribution < 1.29 is 0 Å². The van der Waals surface area contributed by atoms with Crippen molar-refractivity contribution in [2.24, 2.45) is 7.05 Å². The quantitative estimate of drug-likeness (QED) is 0.753. The Hall–Kier alpha value is 0.170. The van der Waals surface area contributed by atoms with Crippen LogP contribution in [-0.2, 0) is 12.5 Å². The molecule has 1 aromatic heterocycles. The first-order valence-electron chi connectivity index (χ1n) is 5.43. The summed E-state index contributed by atoms with van der Waals surface area (Å²) >= 11 is 7.02. The number of hydrogen-bond donors (Lipinski definition) is 0. The Labute approximate surface area is 108 Å². The molecule has 0 spiro atoms. The lowest BCUT2D eigenvalue weighted by Crippen LogP contribution is -2.28. The molecule has 2 nitrogen and oxygen atoms in total. The Kier molecular flexibility index (Phi) is 3.27. The highest BCUT2D eigenvalue weighted by atomic mass is 79.9. The molecule has 4 heteroatoms. The van der Waals surface area contributed by atoms with Crippen LogP contribution in [0.2, 0.25) is 0 Å². The van der Waals surface area contributed by atoms with Gasteiger partial charge in [0.1, 0.15) is 15.0 Å². The molecule has 0 atom stereocenters. The lowest BCUT2D eigenvalue weighted by molar-refractivity contribution is 0.297.